The number of rotatable bonds is 7. The monoisotopic (exact) mass is 341 g/mol. The van der Waals surface area contributed by atoms with E-state index in [0.29, 0.717) is 6.61 Å². The molecule has 1 atom stereocenters. The Bertz CT molecular complexity index is 862. The SMILES string of the molecule is CCCOc1ccc(C(C)Nc2ncnc3c2cnn3C)cc1OC. The van der Waals surface area contributed by atoms with Gasteiger partial charge < -0.3 is 14.8 Å². The molecule has 0 aliphatic carbocycles. The predicted octanol–water partition coefficient (Wildman–Crippen LogP) is 3.33. The Kier molecular flexibility index (Phi) is 5.02. The topological polar surface area (TPSA) is 74.1 Å². The second-order valence-electron chi connectivity index (χ2n) is 5.85. The standard InChI is InChI=1S/C18H23N5O2/c1-5-8-25-15-7-6-13(9-16(15)24-4)12(2)22-17-14-10-21-23(3)18(14)20-11-19-17/h6-7,9-12H,5,8H2,1-4H3,(H,19,20,22). The highest BCUT2D eigenvalue weighted by molar-refractivity contribution is 5.86. The minimum absolute atomic E-state index is 0.0347. The van der Waals surface area contributed by atoms with Gasteiger partial charge in [-0.1, -0.05) is 13.0 Å². The van der Waals surface area contributed by atoms with Gasteiger partial charge in [0.1, 0.15) is 12.1 Å². The highest BCUT2D eigenvalue weighted by Crippen LogP contribution is 2.32. The van der Waals surface area contributed by atoms with Gasteiger partial charge >= 0.3 is 0 Å². The van der Waals surface area contributed by atoms with E-state index in [0.717, 1.165) is 40.3 Å². The smallest absolute Gasteiger partial charge is 0.163 e. The highest BCUT2D eigenvalue weighted by Gasteiger charge is 2.14. The van der Waals surface area contributed by atoms with Gasteiger partial charge in [-0.3, -0.25) is 4.68 Å². The van der Waals surface area contributed by atoms with Crippen LogP contribution in [0.3, 0.4) is 0 Å². The zero-order valence-electron chi connectivity index (χ0n) is 15.0. The zero-order valence-corrected chi connectivity index (χ0v) is 15.0. The van der Waals surface area contributed by atoms with Crippen molar-refractivity contribution in [2.45, 2.75) is 26.3 Å². The quantitative estimate of drug-likeness (QED) is 0.710. The molecule has 0 saturated carbocycles. The molecule has 0 fully saturated rings. The first kappa shape index (κ1) is 17.0. The van der Waals surface area contributed by atoms with Gasteiger partial charge in [0.2, 0.25) is 0 Å². The lowest BCUT2D eigenvalue weighted by Crippen LogP contribution is -2.09. The van der Waals surface area contributed by atoms with Crippen molar-refractivity contribution in [2.24, 2.45) is 7.05 Å². The maximum absolute atomic E-state index is 5.71. The van der Waals surface area contributed by atoms with Gasteiger partial charge in [-0.05, 0) is 31.0 Å². The van der Waals surface area contributed by atoms with Crippen LogP contribution in [0.25, 0.3) is 11.0 Å². The molecule has 0 aliphatic heterocycles. The van der Waals surface area contributed by atoms with Crippen LogP contribution in [0.2, 0.25) is 0 Å². The lowest BCUT2D eigenvalue weighted by Gasteiger charge is -2.18. The molecule has 7 nitrogen and oxygen atoms in total. The number of hydrogen-bond acceptors (Lipinski definition) is 6. The van der Waals surface area contributed by atoms with Crippen molar-refractivity contribution in [3.05, 3.63) is 36.3 Å². The summed E-state index contributed by atoms with van der Waals surface area (Å²) in [5.41, 5.74) is 1.88. The molecule has 1 N–H and O–H groups in total. The van der Waals surface area contributed by atoms with E-state index in [2.05, 4.69) is 34.2 Å². The number of anilines is 1. The number of aryl methyl sites for hydroxylation is 1. The number of nitrogens with one attached hydrogen (secondary N) is 1. The van der Waals surface area contributed by atoms with E-state index in [1.807, 2.05) is 25.2 Å². The van der Waals surface area contributed by atoms with Crippen molar-refractivity contribution in [2.75, 3.05) is 19.0 Å². The molecule has 0 radical (unpaired) electrons. The minimum atomic E-state index is 0.0347. The maximum Gasteiger partial charge on any atom is 0.163 e. The molecule has 1 unspecified atom stereocenters. The molecular formula is C18H23N5O2. The molecule has 3 aromatic rings. The number of benzene rings is 1. The van der Waals surface area contributed by atoms with E-state index >= 15 is 0 Å². The molecule has 0 bridgehead atoms. The number of aromatic nitrogens is 4. The van der Waals surface area contributed by atoms with Crippen LogP contribution in [-0.2, 0) is 7.05 Å². The molecule has 3 rings (SSSR count). The highest BCUT2D eigenvalue weighted by atomic mass is 16.5. The van der Waals surface area contributed by atoms with Crippen LogP contribution in [0.5, 0.6) is 11.5 Å². The Morgan fingerprint density at radius 1 is 1.24 bits per heavy atom. The molecule has 7 heteroatoms. The van der Waals surface area contributed by atoms with Crippen molar-refractivity contribution in [1.29, 1.82) is 0 Å². The van der Waals surface area contributed by atoms with Crippen molar-refractivity contribution >= 4 is 16.9 Å². The van der Waals surface area contributed by atoms with Gasteiger partial charge in [-0.15, -0.1) is 0 Å². The largest absolute Gasteiger partial charge is 0.493 e. The number of nitrogens with zero attached hydrogens (tertiary/aromatic N) is 4. The van der Waals surface area contributed by atoms with Crippen molar-refractivity contribution in [1.82, 2.24) is 19.7 Å². The molecule has 2 heterocycles. The molecule has 0 saturated heterocycles. The first-order valence-corrected chi connectivity index (χ1v) is 8.34. The lowest BCUT2D eigenvalue weighted by atomic mass is 10.1. The van der Waals surface area contributed by atoms with Crippen LogP contribution in [0, 0.1) is 0 Å². The fourth-order valence-electron chi connectivity index (χ4n) is 2.65. The summed E-state index contributed by atoms with van der Waals surface area (Å²) in [4.78, 5) is 8.62. The average Bonchev–Trinajstić information content (AvgIpc) is 3.02. The summed E-state index contributed by atoms with van der Waals surface area (Å²) >= 11 is 0. The first-order chi connectivity index (χ1) is 12.1. The zero-order chi connectivity index (χ0) is 17.8. The molecule has 1 aromatic carbocycles. The lowest BCUT2D eigenvalue weighted by molar-refractivity contribution is 0.294. The van der Waals surface area contributed by atoms with Crippen LogP contribution >= 0.6 is 0 Å². The van der Waals surface area contributed by atoms with Gasteiger partial charge in [-0.25, -0.2) is 9.97 Å². The van der Waals surface area contributed by atoms with Gasteiger partial charge in [0.25, 0.3) is 0 Å². The Labute approximate surface area is 147 Å². The molecule has 2 aromatic heterocycles. The second kappa shape index (κ2) is 7.38. The van der Waals surface area contributed by atoms with E-state index in [9.17, 15) is 0 Å². The Balaban J connectivity index is 1.84. The van der Waals surface area contributed by atoms with E-state index in [1.165, 1.54) is 0 Å². The molecule has 132 valence electrons. The third-order valence-corrected chi connectivity index (χ3v) is 4.03. The van der Waals surface area contributed by atoms with E-state index in [1.54, 1.807) is 24.3 Å². The summed E-state index contributed by atoms with van der Waals surface area (Å²) < 4.78 is 12.9. The molecule has 25 heavy (non-hydrogen) atoms. The minimum Gasteiger partial charge on any atom is -0.493 e. The molecule has 0 amide bonds. The van der Waals surface area contributed by atoms with Crippen LogP contribution in [0.15, 0.2) is 30.7 Å². The van der Waals surface area contributed by atoms with E-state index < -0.39 is 0 Å². The molecule has 0 spiro atoms. The fourth-order valence-corrected chi connectivity index (χ4v) is 2.65. The summed E-state index contributed by atoms with van der Waals surface area (Å²) in [5.74, 6) is 2.25. The number of fused-ring (bicyclic) bond motifs is 1. The van der Waals surface area contributed by atoms with Crippen molar-refractivity contribution in [3.8, 4) is 11.5 Å². The Hall–Kier alpha value is -2.83. The van der Waals surface area contributed by atoms with Gasteiger partial charge in [-0.2, -0.15) is 5.10 Å². The maximum atomic E-state index is 5.71. The summed E-state index contributed by atoms with van der Waals surface area (Å²) in [6, 6.07) is 6.01. The van der Waals surface area contributed by atoms with Crippen LogP contribution in [-0.4, -0.2) is 33.5 Å². The molecule has 0 aliphatic rings. The fraction of sp³-hybridized carbons (Fsp3) is 0.389. The summed E-state index contributed by atoms with van der Waals surface area (Å²) in [5, 5.41) is 8.56. The summed E-state index contributed by atoms with van der Waals surface area (Å²) in [7, 11) is 3.52. The van der Waals surface area contributed by atoms with Gasteiger partial charge in [0, 0.05) is 7.05 Å². The van der Waals surface area contributed by atoms with E-state index in [4.69, 9.17) is 9.47 Å². The number of hydrogen-bond donors (Lipinski definition) is 1. The normalized spacial score (nSPS) is 12.2. The van der Waals surface area contributed by atoms with Gasteiger partial charge in [0.05, 0.1) is 31.3 Å². The number of methoxy groups -OCH3 is 1. The average molecular weight is 341 g/mol. The summed E-state index contributed by atoms with van der Waals surface area (Å²) in [6.07, 6.45) is 4.27. The van der Waals surface area contributed by atoms with Crippen LogP contribution < -0.4 is 14.8 Å². The number of ether oxygens (including phenoxy) is 2. The summed E-state index contributed by atoms with van der Waals surface area (Å²) in [6.45, 7) is 4.82. The van der Waals surface area contributed by atoms with Crippen molar-refractivity contribution < 1.29 is 9.47 Å². The van der Waals surface area contributed by atoms with Crippen LogP contribution in [0.1, 0.15) is 31.9 Å². The van der Waals surface area contributed by atoms with Crippen molar-refractivity contribution in [3.63, 3.8) is 0 Å². The Morgan fingerprint density at radius 2 is 2.08 bits per heavy atom. The van der Waals surface area contributed by atoms with E-state index in [-0.39, 0.29) is 6.04 Å². The van der Waals surface area contributed by atoms with Gasteiger partial charge in [0.15, 0.2) is 17.1 Å². The first-order valence-electron chi connectivity index (χ1n) is 8.34. The molecular weight excluding hydrogens is 318 g/mol. The predicted molar refractivity (Wildman–Crippen MR) is 97.1 cm³/mol. The third kappa shape index (κ3) is 3.50. The second-order valence-corrected chi connectivity index (χ2v) is 5.85. The van der Waals surface area contributed by atoms with Crippen LogP contribution in [0.4, 0.5) is 5.82 Å². The third-order valence-electron chi connectivity index (χ3n) is 4.03. The Morgan fingerprint density at radius 3 is 2.84 bits per heavy atom.